The summed E-state index contributed by atoms with van der Waals surface area (Å²) in [5, 5.41) is 5.39. The number of carbonyl (C=O) groups is 2. The van der Waals surface area contributed by atoms with E-state index >= 15 is 0 Å². The lowest BCUT2D eigenvalue weighted by Crippen LogP contribution is -2.33. The summed E-state index contributed by atoms with van der Waals surface area (Å²) in [5.74, 6) is -0.801. The molecule has 1 aromatic rings. The van der Waals surface area contributed by atoms with Crippen molar-refractivity contribution in [2.75, 3.05) is 0 Å². The summed E-state index contributed by atoms with van der Waals surface area (Å²) in [7, 11) is 0. The fraction of sp³-hybridized carbons (Fsp3) is 0.500. The van der Waals surface area contributed by atoms with Gasteiger partial charge in [0.2, 0.25) is 0 Å². The van der Waals surface area contributed by atoms with Crippen LogP contribution in [0.15, 0.2) is 18.2 Å². The number of carbonyl (C=O) groups excluding carboxylic acids is 2. The van der Waals surface area contributed by atoms with E-state index in [0.29, 0.717) is 5.56 Å². The van der Waals surface area contributed by atoms with Crippen LogP contribution in [-0.4, -0.2) is 23.6 Å². The SMILES string of the molecule is CC(C)(C)OC(=O)NCc1ccc(F)cc1C(=O)NC1CC1. The third kappa shape index (κ3) is 5.02. The summed E-state index contributed by atoms with van der Waals surface area (Å²) in [6.45, 7) is 5.39. The van der Waals surface area contributed by atoms with E-state index < -0.39 is 17.5 Å². The molecule has 2 rings (SSSR count). The lowest BCUT2D eigenvalue weighted by Gasteiger charge is -2.20. The average molecular weight is 308 g/mol. The molecule has 0 radical (unpaired) electrons. The van der Waals surface area contributed by atoms with Gasteiger partial charge >= 0.3 is 6.09 Å². The van der Waals surface area contributed by atoms with E-state index in [2.05, 4.69) is 10.6 Å². The Morgan fingerprint density at radius 3 is 2.59 bits per heavy atom. The Hall–Kier alpha value is -2.11. The van der Waals surface area contributed by atoms with Gasteiger partial charge in [-0.2, -0.15) is 0 Å². The molecular formula is C16H21FN2O3. The quantitative estimate of drug-likeness (QED) is 0.898. The van der Waals surface area contributed by atoms with Gasteiger partial charge in [0.25, 0.3) is 5.91 Å². The molecule has 2 N–H and O–H groups in total. The molecule has 1 aliphatic rings. The maximum Gasteiger partial charge on any atom is 0.407 e. The number of amides is 2. The van der Waals surface area contributed by atoms with Gasteiger partial charge in [-0.05, 0) is 51.3 Å². The highest BCUT2D eigenvalue weighted by atomic mass is 19.1. The normalized spacial score (nSPS) is 14.4. The Balaban J connectivity index is 2.03. The first-order chi connectivity index (χ1) is 10.2. The lowest BCUT2D eigenvalue weighted by molar-refractivity contribution is 0.0522. The number of nitrogens with one attached hydrogen (secondary N) is 2. The standard InChI is InChI=1S/C16H21FN2O3/c1-16(2,3)22-15(21)18-9-10-4-5-11(17)8-13(10)14(20)19-12-6-7-12/h4-5,8,12H,6-7,9H2,1-3H3,(H,18,21)(H,19,20). The maximum atomic E-state index is 13.4. The van der Waals surface area contributed by atoms with E-state index in [1.54, 1.807) is 20.8 Å². The van der Waals surface area contributed by atoms with Crippen molar-refractivity contribution in [2.45, 2.75) is 51.8 Å². The molecule has 2 amide bonds. The van der Waals surface area contributed by atoms with Crippen LogP contribution in [0.5, 0.6) is 0 Å². The molecule has 22 heavy (non-hydrogen) atoms. The van der Waals surface area contributed by atoms with Crippen LogP contribution >= 0.6 is 0 Å². The highest BCUT2D eigenvalue weighted by Gasteiger charge is 2.25. The van der Waals surface area contributed by atoms with Gasteiger partial charge in [0.15, 0.2) is 0 Å². The second kappa shape index (κ2) is 6.34. The minimum atomic E-state index is -0.598. The van der Waals surface area contributed by atoms with Crippen molar-refractivity contribution in [3.63, 3.8) is 0 Å². The fourth-order valence-corrected chi connectivity index (χ4v) is 1.89. The van der Waals surface area contributed by atoms with E-state index in [1.165, 1.54) is 18.2 Å². The summed E-state index contributed by atoms with van der Waals surface area (Å²) in [6, 6.07) is 4.13. The monoisotopic (exact) mass is 308 g/mol. The van der Waals surface area contributed by atoms with E-state index in [1.807, 2.05) is 0 Å². The third-order valence-electron chi connectivity index (χ3n) is 3.05. The summed E-state index contributed by atoms with van der Waals surface area (Å²) in [5.41, 5.74) is 0.187. The third-order valence-corrected chi connectivity index (χ3v) is 3.05. The number of ether oxygens (including phenoxy) is 1. The number of alkyl carbamates (subject to hydrolysis) is 1. The topological polar surface area (TPSA) is 67.4 Å². The van der Waals surface area contributed by atoms with Crippen LogP contribution in [0.1, 0.15) is 49.5 Å². The number of rotatable bonds is 4. The van der Waals surface area contributed by atoms with Crippen molar-refractivity contribution in [3.05, 3.63) is 35.1 Å². The summed E-state index contributed by atoms with van der Waals surface area (Å²) < 4.78 is 18.5. The second-order valence-electron chi connectivity index (χ2n) is 6.40. The fourth-order valence-electron chi connectivity index (χ4n) is 1.89. The van der Waals surface area contributed by atoms with Gasteiger partial charge < -0.3 is 15.4 Å². The molecule has 0 bridgehead atoms. The first kappa shape index (κ1) is 16.3. The summed E-state index contributed by atoms with van der Waals surface area (Å²) in [4.78, 5) is 23.8. The first-order valence-corrected chi connectivity index (χ1v) is 7.31. The Bertz CT molecular complexity index is 577. The van der Waals surface area contributed by atoms with Gasteiger partial charge in [-0.25, -0.2) is 9.18 Å². The van der Waals surface area contributed by atoms with Crippen molar-refractivity contribution >= 4 is 12.0 Å². The molecule has 1 saturated carbocycles. The molecule has 0 aliphatic heterocycles. The van der Waals surface area contributed by atoms with Gasteiger partial charge in [0, 0.05) is 18.2 Å². The van der Waals surface area contributed by atoms with Crippen molar-refractivity contribution in [2.24, 2.45) is 0 Å². The zero-order valence-corrected chi connectivity index (χ0v) is 13.0. The van der Waals surface area contributed by atoms with Gasteiger partial charge in [0.05, 0.1) is 0 Å². The molecular weight excluding hydrogens is 287 g/mol. The zero-order chi connectivity index (χ0) is 16.3. The van der Waals surface area contributed by atoms with Crippen molar-refractivity contribution in [1.29, 1.82) is 0 Å². The Kier molecular flexibility index (Phi) is 4.68. The van der Waals surface area contributed by atoms with Crippen LogP contribution in [0, 0.1) is 5.82 Å². The van der Waals surface area contributed by atoms with Gasteiger partial charge in [-0.3, -0.25) is 4.79 Å². The van der Waals surface area contributed by atoms with E-state index in [9.17, 15) is 14.0 Å². The van der Waals surface area contributed by atoms with Crippen molar-refractivity contribution in [1.82, 2.24) is 10.6 Å². The molecule has 5 nitrogen and oxygen atoms in total. The molecule has 0 aromatic heterocycles. The summed E-state index contributed by atoms with van der Waals surface area (Å²) in [6.07, 6.45) is 1.32. The molecule has 6 heteroatoms. The minimum absolute atomic E-state index is 0.0998. The number of hydrogen-bond acceptors (Lipinski definition) is 3. The number of hydrogen-bond donors (Lipinski definition) is 2. The van der Waals surface area contributed by atoms with Crippen LogP contribution in [0.25, 0.3) is 0 Å². The van der Waals surface area contributed by atoms with Crippen LogP contribution in [0.3, 0.4) is 0 Å². The van der Waals surface area contributed by atoms with Crippen molar-refractivity contribution < 1.29 is 18.7 Å². The van der Waals surface area contributed by atoms with Crippen LogP contribution in [0.4, 0.5) is 9.18 Å². The Labute approximate surface area is 129 Å². The van der Waals surface area contributed by atoms with Crippen LogP contribution in [-0.2, 0) is 11.3 Å². The molecule has 1 aliphatic carbocycles. The highest BCUT2D eigenvalue weighted by Crippen LogP contribution is 2.20. The Morgan fingerprint density at radius 1 is 1.32 bits per heavy atom. The molecule has 1 aromatic carbocycles. The molecule has 0 atom stereocenters. The highest BCUT2D eigenvalue weighted by molar-refractivity contribution is 5.96. The van der Waals surface area contributed by atoms with Crippen LogP contribution < -0.4 is 10.6 Å². The molecule has 0 spiro atoms. The summed E-state index contributed by atoms with van der Waals surface area (Å²) >= 11 is 0. The lowest BCUT2D eigenvalue weighted by atomic mass is 10.1. The second-order valence-corrected chi connectivity index (χ2v) is 6.40. The van der Waals surface area contributed by atoms with Gasteiger partial charge in [-0.1, -0.05) is 6.07 Å². The first-order valence-electron chi connectivity index (χ1n) is 7.31. The van der Waals surface area contributed by atoms with Gasteiger partial charge in [-0.15, -0.1) is 0 Å². The number of benzene rings is 1. The number of halogens is 1. The van der Waals surface area contributed by atoms with E-state index in [0.717, 1.165) is 12.8 Å². The van der Waals surface area contributed by atoms with Gasteiger partial charge in [0.1, 0.15) is 11.4 Å². The predicted octanol–water partition coefficient (Wildman–Crippen LogP) is 2.74. The van der Waals surface area contributed by atoms with E-state index in [4.69, 9.17) is 4.74 Å². The van der Waals surface area contributed by atoms with Crippen LogP contribution in [0.2, 0.25) is 0 Å². The maximum absolute atomic E-state index is 13.4. The minimum Gasteiger partial charge on any atom is -0.444 e. The molecule has 1 fully saturated rings. The molecule has 120 valence electrons. The molecule has 0 unspecified atom stereocenters. The molecule has 0 heterocycles. The molecule has 0 saturated heterocycles. The van der Waals surface area contributed by atoms with E-state index in [-0.39, 0.29) is 24.1 Å². The Morgan fingerprint density at radius 2 is 2.00 bits per heavy atom. The average Bonchev–Trinajstić information content (AvgIpc) is 3.19. The van der Waals surface area contributed by atoms with Crippen molar-refractivity contribution in [3.8, 4) is 0 Å². The largest absolute Gasteiger partial charge is 0.444 e. The zero-order valence-electron chi connectivity index (χ0n) is 13.0. The smallest absolute Gasteiger partial charge is 0.407 e. The predicted molar refractivity (Wildman–Crippen MR) is 80.0 cm³/mol.